The van der Waals surface area contributed by atoms with Crippen molar-refractivity contribution in [2.45, 2.75) is 32.0 Å². The van der Waals surface area contributed by atoms with E-state index in [9.17, 15) is 28.7 Å². The van der Waals surface area contributed by atoms with Crippen LogP contribution in [0.4, 0.5) is 4.39 Å². The molecule has 11 heteroatoms. The number of rotatable bonds is 5. The highest BCUT2D eigenvalue weighted by atomic mass is 19.1. The first-order chi connectivity index (χ1) is 15.2. The Hall–Kier alpha value is -3.60. The maximum Gasteiger partial charge on any atom is 0.312 e. The number of amides is 3. The average molecular weight is 445 g/mol. The molecule has 1 aromatic heterocycles. The van der Waals surface area contributed by atoms with Gasteiger partial charge in [0.15, 0.2) is 0 Å². The Morgan fingerprint density at radius 1 is 1.28 bits per heavy atom. The van der Waals surface area contributed by atoms with Gasteiger partial charge in [0.2, 0.25) is 0 Å². The summed E-state index contributed by atoms with van der Waals surface area (Å²) in [5.74, 6) is -2.48. The third-order valence-electron chi connectivity index (χ3n) is 5.19. The normalized spacial score (nSPS) is 15.5. The van der Waals surface area contributed by atoms with Gasteiger partial charge in [-0.2, -0.15) is 0 Å². The maximum absolute atomic E-state index is 13.1. The van der Waals surface area contributed by atoms with Crippen molar-refractivity contribution in [1.82, 2.24) is 25.1 Å². The zero-order valence-electron chi connectivity index (χ0n) is 17.7. The summed E-state index contributed by atoms with van der Waals surface area (Å²) in [4.78, 5) is 59.2. The minimum atomic E-state index is -0.728. The van der Waals surface area contributed by atoms with Gasteiger partial charge in [-0.3, -0.25) is 19.2 Å². The molecule has 1 aliphatic rings. The monoisotopic (exact) mass is 445 g/mol. The molecule has 0 bridgehead atoms. The summed E-state index contributed by atoms with van der Waals surface area (Å²) in [6, 6.07) is 4.83. The van der Waals surface area contributed by atoms with E-state index >= 15 is 0 Å². The van der Waals surface area contributed by atoms with Crippen LogP contribution in [0.3, 0.4) is 0 Å². The molecule has 3 N–H and O–H groups in total. The molecular formula is C21H24FN5O5. The van der Waals surface area contributed by atoms with Crippen LogP contribution in [0, 0.1) is 5.82 Å². The first-order valence-electron chi connectivity index (χ1n) is 10.0. The number of carbonyl (C=O) groups is 3. The van der Waals surface area contributed by atoms with Gasteiger partial charge >= 0.3 is 11.8 Å². The molecule has 2 heterocycles. The van der Waals surface area contributed by atoms with Crippen molar-refractivity contribution in [3.63, 3.8) is 0 Å². The number of halogens is 1. The molecule has 32 heavy (non-hydrogen) atoms. The van der Waals surface area contributed by atoms with E-state index in [1.807, 2.05) is 0 Å². The number of likely N-dealkylation sites (tertiary alicyclic amines) is 1. The molecule has 0 radical (unpaired) electrons. The van der Waals surface area contributed by atoms with E-state index in [0.717, 1.165) is 4.90 Å². The molecule has 1 aromatic carbocycles. The molecule has 1 aliphatic heterocycles. The van der Waals surface area contributed by atoms with Gasteiger partial charge in [0, 0.05) is 27.2 Å². The smallest absolute Gasteiger partial charge is 0.312 e. The molecule has 10 nitrogen and oxygen atoms in total. The van der Waals surface area contributed by atoms with E-state index < -0.39 is 41.7 Å². The molecule has 3 rings (SSSR count). The van der Waals surface area contributed by atoms with Crippen LogP contribution in [-0.4, -0.2) is 63.2 Å². The molecule has 3 amide bonds. The van der Waals surface area contributed by atoms with Crippen LogP contribution < -0.4 is 10.9 Å². The van der Waals surface area contributed by atoms with Gasteiger partial charge in [-0.05, 0) is 30.5 Å². The second-order valence-electron chi connectivity index (χ2n) is 7.60. The fraction of sp³-hybridized carbons (Fsp3) is 0.381. The van der Waals surface area contributed by atoms with E-state index in [1.165, 1.54) is 43.3 Å². The van der Waals surface area contributed by atoms with Gasteiger partial charge in [0.05, 0.1) is 18.2 Å². The first-order valence-corrected chi connectivity index (χ1v) is 10.0. The topological polar surface area (TPSA) is 136 Å². The summed E-state index contributed by atoms with van der Waals surface area (Å²) >= 11 is 0. The van der Waals surface area contributed by atoms with Crippen LogP contribution in [0.5, 0.6) is 0 Å². The van der Waals surface area contributed by atoms with Gasteiger partial charge in [-0.15, -0.1) is 0 Å². The number of aromatic nitrogens is 2. The van der Waals surface area contributed by atoms with Gasteiger partial charge in [0.1, 0.15) is 17.3 Å². The third-order valence-corrected chi connectivity index (χ3v) is 5.19. The maximum atomic E-state index is 13.1. The van der Waals surface area contributed by atoms with Crippen molar-refractivity contribution < 1.29 is 23.9 Å². The summed E-state index contributed by atoms with van der Waals surface area (Å²) in [6.45, 7) is -0.353. The van der Waals surface area contributed by atoms with E-state index in [1.54, 1.807) is 0 Å². The molecule has 0 spiro atoms. The molecule has 2 aromatic rings. The Balaban J connectivity index is 1.88. The molecular weight excluding hydrogens is 421 g/mol. The number of aliphatic hydroxyl groups excluding tert-OH is 1. The number of likely N-dealkylation sites (N-methyl/N-ethyl adjacent to an activating group) is 1. The van der Waals surface area contributed by atoms with Gasteiger partial charge in [-0.25, -0.2) is 9.37 Å². The third kappa shape index (κ3) is 4.83. The molecule has 0 saturated carbocycles. The number of aliphatic hydroxyl groups is 1. The van der Waals surface area contributed by atoms with Crippen LogP contribution >= 0.6 is 0 Å². The fourth-order valence-corrected chi connectivity index (χ4v) is 3.48. The first kappa shape index (κ1) is 23.1. The van der Waals surface area contributed by atoms with Crippen LogP contribution in [0.2, 0.25) is 0 Å². The summed E-state index contributed by atoms with van der Waals surface area (Å²) in [5, 5.41) is 12.2. The Labute approximate surface area is 183 Å². The lowest BCUT2D eigenvalue weighted by atomic mass is 10.1. The number of hydrogen-bond acceptors (Lipinski definition) is 6. The van der Waals surface area contributed by atoms with E-state index in [-0.39, 0.29) is 23.6 Å². The number of nitrogens with one attached hydrogen (secondary N) is 2. The molecule has 1 fully saturated rings. The van der Waals surface area contributed by atoms with Gasteiger partial charge in [-0.1, -0.05) is 12.1 Å². The summed E-state index contributed by atoms with van der Waals surface area (Å²) in [7, 11) is 2.93. The summed E-state index contributed by atoms with van der Waals surface area (Å²) < 4.78 is 13.1. The number of H-pyrrole nitrogens is 1. The van der Waals surface area contributed by atoms with E-state index in [4.69, 9.17) is 0 Å². The Morgan fingerprint density at radius 2 is 1.97 bits per heavy atom. The number of nitrogens with zero attached hydrogens (tertiary/aromatic N) is 3. The molecule has 1 unspecified atom stereocenters. The van der Waals surface area contributed by atoms with Crippen LogP contribution in [0.15, 0.2) is 29.1 Å². The minimum Gasteiger partial charge on any atom is -0.391 e. The summed E-state index contributed by atoms with van der Waals surface area (Å²) in [5.41, 5.74) is -0.565. The Morgan fingerprint density at radius 3 is 2.59 bits per heavy atom. The lowest BCUT2D eigenvalue weighted by Gasteiger charge is -2.25. The second kappa shape index (κ2) is 9.69. The summed E-state index contributed by atoms with van der Waals surface area (Å²) in [6.07, 6.45) is 1.04. The highest BCUT2D eigenvalue weighted by molar-refractivity contribution is 6.34. The predicted octanol–water partition coefficient (Wildman–Crippen LogP) is 0.0830. The second-order valence-corrected chi connectivity index (χ2v) is 7.60. The number of hydrogen-bond donors (Lipinski definition) is 3. The fourth-order valence-electron chi connectivity index (χ4n) is 3.48. The highest BCUT2D eigenvalue weighted by Crippen LogP contribution is 2.30. The predicted molar refractivity (Wildman–Crippen MR) is 111 cm³/mol. The van der Waals surface area contributed by atoms with Gasteiger partial charge in [0.25, 0.3) is 11.5 Å². The molecule has 1 atom stereocenters. The van der Waals surface area contributed by atoms with Crippen molar-refractivity contribution in [1.29, 1.82) is 0 Å². The zero-order chi connectivity index (χ0) is 23.4. The molecule has 0 aliphatic carbocycles. The molecule has 170 valence electrons. The number of carbonyl (C=O) groups excluding carboxylic acids is 3. The lowest BCUT2D eigenvalue weighted by Crippen LogP contribution is -2.43. The number of benzene rings is 1. The quantitative estimate of drug-likeness (QED) is 0.558. The van der Waals surface area contributed by atoms with E-state index in [2.05, 4.69) is 15.3 Å². The van der Waals surface area contributed by atoms with Crippen molar-refractivity contribution in [2.24, 2.45) is 0 Å². The van der Waals surface area contributed by atoms with E-state index in [0.29, 0.717) is 24.9 Å². The molecule has 1 saturated heterocycles. The standard InChI is InChI=1S/C21H24FN5O5/c1-26(2)20(31)21(32)27-9-3-4-15(27)17-24-16(14(11-28)18(29)25-17)19(30)23-10-12-5-7-13(22)8-6-12/h5-8,15,28H,3-4,9-11H2,1-2H3,(H,23,30)(H,24,25,29). The van der Waals surface area contributed by atoms with Crippen molar-refractivity contribution >= 4 is 17.7 Å². The lowest BCUT2D eigenvalue weighted by molar-refractivity contribution is -0.151. The number of aromatic amines is 1. The van der Waals surface area contributed by atoms with Crippen LogP contribution in [0.1, 0.15) is 46.3 Å². The van der Waals surface area contributed by atoms with Crippen molar-refractivity contribution in [2.75, 3.05) is 20.6 Å². The van der Waals surface area contributed by atoms with Crippen molar-refractivity contribution in [3.05, 3.63) is 63.1 Å². The Kier molecular flexibility index (Phi) is 6.98. The average Bonchev–Trinajstić information content (AvgIpc) is 3.26. The van der Waals surface area contributed by atoms with Crippen molar-refractivity contribution in [3.8, 4) is 0 Å². The zero-order valence-corrected chi connectivity index (χ0v) is 17.7. The Bertz CT molecular complexity index is 1080. The van der Waals surface area contributed by atoms with Crippen LogP contribution in [0.25, 0.3) is 0 Å². The largest absolute Gasteiger partial charge is 0.391 e. The minimum absolute atomic E-state index is 0.0547. The highest BCUT2D eigenvalue weighted by Gasteiger charge is 2.36. The van der Waals surface area contributed by atoms with Gasteiger partial charge < -0.3 is 25.2 Å². The van der Waals surface area contributed by atoms with Crippen LogP contribution in [-0.2, 0) is 22.7 Å². The SMILES string of the molecule is CN(C)C(=O)C(=O)N1CCCC1c1nc(C(=O)NCc2ccc(F)cc2)c(CO)c(=O)[nH]1.